The van der Waals surface area contributed by atoms with Gasteiger partial charge in [-0.1, -0.05) is 11.6 Å². The number of anilines is 2. The smallest absolute Gasteiger partial charge is 0.306 e. The zero-order chi connectivity index (χ0) is 25.3. The van der Waals surface area contributed by atoms with Gasteiger partial charge in [0.2, 0.25) is 0 Å². The van der Waals surface area contributed by atoms with E-state index in [2.05, 4.69) is 20.3 Å². The van der Waals surface area contributed by atoms with Crippen molar-refractivity contribution in [3.8, 4) is 0 Å². The third kappa shape index (κ3) is 5.90. The normalized spacial score (nSPS) is 26.2. The number of aliphatic imine (C=N–C) groups is 1. The molecule has 5 heterocycles. The van der Waals surface area contributed by atoms with Crippen molar-refractivity contribution in [2.75, 3.05) is 50.7 Å². The number of nitrogens with one attached hydrogen (secondary N) is 1. The Bertz CT molecular complexity index is 1050. The number of rotatable bonds is 5. The lowest BCUT2D eigenvalue weighted by atomic mass is 9.82. The van der Waals surface area contributed by atoms with Crippen molar-refractivity contribution in [3.63, 3.8) is 0 Å². The third-order valence-corrected chi connectivity index (χ3v) is 7.68. The first-order valence-electron chi connectivity index (χ1n) is 11.7. The molecule has 2 bridgehead atoms. The molecule has 36 heavy (non-hydrogen) atoms. The topological polar surface area (TPSA) is 203 Å². The summed E-state index contributed by atoms with van der Waals surface area (Å²) in [5.74, 6) is -1.81. The fraction of sp³-hybridized carbons (Fsp3) is 0.619. The molecule has 5 rings (SSSR count). The number of amides is 2. The maximum atomic E-state index is 13.0. The lowest BCUT2D eigenvalue weighted by molar-refractivity contribution is -0.936. The van der Waals surface area contributed by atoms with E-state index in [9.17, 15) is 19.5 Å². The molecule has 0 aliphatic carbocycles. The van der Waals surface area contributed by atoms with E-state index in [0.29, 0.717) is 49.4 Å². The van der Waals surface area contributed by atoms with Crippen molar-refractivity contribution in [1.82, 2.24) is 20.2 Å². The molecule has 0 saturated carbocycles. The summed E-state index contributed by atoms with van der Waals surface area (Å²) in [6, 6.07) is -0.137. The standard InChI is InChI=1S/C21H30ClN9O4.ClH/c22-16-18(24)28-17(23)15(27-16)19(33)29-21(25)26-13-9-31(7-3-11(13)4-8-31)10-14(32)30-5-1-12(2-6-30)20(34)35;/h11-13H,1-10H2,(H7-,23,24,25,26,28,29,33,34,35);1H/t11?,13-,31?;/m1./s1. The number of aromatic nitrogens is 2. The molecular formula is C21H31Cl2N9O4. The van der Waals surface area contributed by atoms with Crippen LogP contribution in [0.4, 0.5) is 11.6 Å². The second kappa shape index (κ2) is 11.0. The molecule has 1 aromatic heterocycles. The Balaban J connectivity index is 0.00000361. The van der Waals surface area contributed by atoms with Gasteiger partial charge in [-0.15, -0.1) is 0 Å². The number of nitrogens with two attached hydrogens (primary N) is 3. The van der Waals surface area contributed by atoms with E-state index in [1.807, 2.05) is 0 Å². The van der Waals surface area contributed by atoms with Gasteiger partial charge in [0, 0.05) is 25.9 Å². The van der Waals surface area contributed by atoms with Crippen molar-refractivity contribution >= 4 is 47.0 Å². The Morgan fingerprint density at radius 2 is 1.75 bits per heavy atom. The summed E-state index contributed by atoms with van der Waals surface area (Å²) >= 11 is 5.84. The van der Waals surface area contributed by atoms with Crippen LogP contribution in [0.25, 0.3) is 0 Å². The zero-order valence-corrected chi connectivity index (χ0v) is 21.2. The molecule has 1 aromatic rings. The summed E-state index contributed by atoms with van der Waals surface area (Å²) in [4.78, 5) is 50.8. The van der Waals surface area contributed by atoms with Gasteiger partial charge < -0.3 is 44.1 Å². The molecule has 15 heteroatoms. The van der Waals surface area contributed by atoms with E-state index in [4.69, 9.17) is 28.8 Å². The first kappa shape index (κ1) is 27.7. The largest absolute Gasteiger partial charge is 1.00 e. The summed E-state index contributed by atoms with van der Waals surface area (Å²) in [6.45, 7) is 3.72. The minimum Gasteiger partial charge on any atom is -1.00 e. The van der Waals surface area contributed by atoms with Crippen LogP contribution in [-0.4, -0.2) is 93.5 Å². The molecule has 0 radical (unpaired) electrons. The summed E-state index contributed by atoms with van der Waals surface area (Å²) in [6.07, 6.45) is 2.80. The number of guanidine groups is 1. The predicted molar refractivity (Wildman–Crippen MR) is 128 cm³/mol. The van der Waals surface area contributed by atoms with Crippen LogP contribution in [-0.2, 0) is 9.59 Å². The molecule has 0 unspecified atom stereocenters. The second-order valence-electron chi connectivity index (χ2n) is 9.63. The van der Waals surface area contributed by atoms with Crippen molar-refractivity contribution < 1.29 is 36.4 Å². The Kier molecular flexibility index (Phi) is 8.47. The van der Waals surface area contributed by atoms with Crippen LogP contribution in [0.5, 0.6) is 0 Å². The molecule has 8 N–H and O–H groups in total. The van der Waals surface area contributed by atoms with Gasteiger partial charge in [0.25, 0.3) is 11.8 Å². The molecule has 0 aromatic carbocycles. The van der Waals surface area contributed by atoms with E-state index in [1.54, 1.807) is 4.90 Å². The number of hydrogen-bond donors (Lipinski definition) is 5. The van der Waals surface area contributed by atoms with E-state index in [0.717, 1.165) is 25.9 Å². The SMILES string of the molecule is NC(=N[C@@H]1C[N+]2(CC(=O)N3CCC(C(=O)O)CC3)CCC1CC2)NC(=O)c1nc(Cl)c(N)nc1N.[Cl-]. The molecular weight excluding hydrogens is 513 g/mol. The minimum atomic E-state index is -0.795. The maximum absolute atomic E-state index is 13.0. The molecule has 0 spiro atoms. The highest BCUT2D eigenvalue weighted by atomic mass is 35.5. The molecule has 4 fully saturated rings. The van der Waals surface area contributed by atoms with Gasteiger partial charge >= 0.3 is 5.97 Å². The van der Waals surface area contributed by atoms with Crippen LogP contribution in [0.3, 0.4) is 0 Å². The van der Waals surface area contributed by atoms with E-state index < -0.39 is 11.9 Å². The second-order valence-corrected chi connectivity index (χ2v) is 9.99. The third-order valence-electron chi connectivity index (χ3n) is 7.40. The number of carboxylic acid groups (broad SMARTS) is 1. The number of piperidine rings is 4. The summed E-state index contributed by atoms with van der Waals surface area (Å²) in [5.41, 5.74) is 17.1. The average molecular weight is 544 g/mol. The predicted octanol–water partition coefficient (Wildman–Crippen LogP) is -3.72. The highest BCUT2D eigenvalue weighted by molar-refractivity contribution is 6.31. The Morgan fingerprint density at radius 1 is 1.11 bits per heavy atom. The fourth-order valence-electron chi connectivity index (χ4n) is 5.38. The Morgan fingerprint density at radius 3 is 2.36 bits per heavy atom. The number of aliphatic carboxylic acids is 1. The number of quaternary nitrogens is 1. The van der Waals surface area contributed by atoms with Gasteiger partial charge in [-0.2, -0.15) is 0 Å². The number of halogens is 2. The number of carbonyl (C=O) groups is 3. The molecule has 4 saturated heterocycles. The number of nitrogen functional groups attached to an aromatic ring is 2. The first-order valence-corrected chi connectivity index (χ1v) is 12.0. The summed E-state index contributed by atoms with van der Waals surface area (Å²) in [5, 5.41) is 11.5. The van der Waals surface area contributed by atoms with E-state index >= 15 is 0 Å². The van der Waals surface area contributed by atoms with Gasteiger partial charge in [-0.25, -0.2) is 15.0 Å². The number of carbonyl (C=O) groups excluding carboxylic acids is 2. The number of likely N-dealkylation sites (tertiary alicyclic amines) is 1. The highest BCUT2D eigenvalue weighted by Crippen LogP contribution is 2.35. The lowest BCUT2D eigenvalue weighted by Gasteiger charge is -2.51. The maximum Gasteiger partial charge on any atom is 0.306 e. The van der Waals surface area contributed by atoms with Crippen molar-refractivity contribution in [2.45, 2.75) is 31.7 Å². The van der Waals surface area contributed by atoms with Crippen molar-refractivity contribution in [2.24, 2.45) is 22.6 Å². The summed E-state index contributed by atoms with van der Waals surface area (Å²) in [7, 11) is 0. The first-order chi connectivity index (χ1) is 16.6. The van der Waals surface area contributed by atoms with Gasteiger partial charge in [0.15, 0.2) is 35.0 Å². The monoisotopic (exact) mass is 543 g/mol. The molecule has 13 nitrogen and oxygen atoms in total. The quantitative estimate of drug-likeness (QED) is 0.140. The Labute approximate surface area is 219 Å². The molecule has 4 aliphatic heterocycles. The molecule has 198 valence electrons. The van der Waals surface area contributed by atoms with Crippen molar-refractivity contribution in [1.29, 1.82) is 0 Å². The van der Waals surface area contributed by atoms with Gasteiger partial charge in [-0.3, -0.25) is 19.7 Å². The number of hydrogen-bond acceptors (Lipinski definition) is 8. The lowest BCUT2D eigenvalue weighted by Crippen LogP contribution is -3.00. The van der Waals surface area contributed by atoms with Crippen LogP contribution in [0.1, 0.15) is 36.2 Å². The van der Waals surface area contributed by atoms with Crippen LogP contribution in [0.15, 0.2) is 4.99 Å². The zero-order valence-electron chi connectivity index (χ0n) is 19.7. The van der Waals surface area contributed by atoms with Crippen LogP contribution < -0.4 is 34.9 Å². The van der Waals surface area contributed by atoms with Gasteiger partial charge in [-0.05, 0) is 18.8 Å². The van der Waals surface area contributed by atoms with Gasteiger partial charge in [0.05, 0.1) is 19.0 Å². The molecule has 1 atom stereocenters. The number of nitrogens with zero attached hydrogens (tertiary/aromatic N) is 5. The van der Waals surface area contributed by atoms with Crippen LogP contribution >= 0.6 is 11.6 Å². The number of carboxylic acids is 1. The van der Waals surface area contributed by atoms with Crippen molar-refractivity contribution in [3.05, 3.63) is 10.8 Å². The van der Waals surface area contributed by atoms with Crippen LogP contribution in [0, 0.1) is 11.8 Å². The summed E-state index contributed by atoms with van der Waals surface area (Å²) < 4.78 is 0.621. The molecule has 4 aliphatic rings. The average Bonchev–Trinajstić information content (AvgIpc) is 2.81. The highest BCUT2D eigenvalue weighted by Gasteiger charge is 2.47. The van der Waals surface area contributed by atoms with Crippen LogP contribution in [0.2, 0.25) is 5.15 Å². The van der Waals surface area contributed by atoms with Gasteiger partial charge in [0.1, 0.15) is 12.6 Å². The Hall–Kier alpha value is -2.90. The molecule has 2 amide bonds. The minimum absolute atomic E-state index is 0. The number of fused-ring (bicyclic) bond motifs is 3. The van der Waals surface area contributed by atoms with E-state index in [1.165, 1.54) is 0 Å². The fourth-order valence-corrected chi connectivity index (χ4v) is 5.50. The van der Waals surface area contributed by atoms with E-state index in [-0.39, 0.29) is 58.7 Å².